The summed E-state index contributed by atoms with van der Waals surface area (Å²) >= 11 is 7.50. The number of thioether (sulfide) groups is 1. The summed E-state index contributed by atoms with van der Waals surface area (Å²) in [4.78, 5) is 6.72. The van der Waals surface area contributed by atoms with Crippen molar-refractivity contribution in [3.05, 3.63) is 35.1 Å². The summed E-state index contributed by atoms with van der Waals surface area (Å²) in [7, 11) is 0. The average molecular weight is 435 g/mol. The second-order valence-electron chi connectivity index (χ2n) is 7.20. The number of benzene rings is 1. The Bertz CT molecular complexity index is 937. The molecule has 0 spiro atoms. The van der Waals surface area contributed by atoms with E-state index in [2.05, 4.69) is 43.7 Å². The van der Waals surface area contributed by atoms with Crippen molar-refractivity contribution in [2.24, 2.45) is 5.92 Å². The van der Waals surface area contributed by atoms with Crippen molar-refractivity contribution in [1.29, 1.82) is 0 Å². The van der Waals surface area contributed by atoms with Gasteiger partial charge < -0.3 is 14.2 Å². The Morgan fingerprint density at radius 1 is 1.14 bits per heavy atom. The van der Waals surface area contributed by atoms with Gasteiger partial charge in [0.15, 0.2) is 11.0 Å². The minimum atomic E-state index is 0.479. The predicted octanol–water partition coefficient (Wildman–Crippen LogP) is 3.77. The van der Waals surface area contributed by atoms with Crippen molar-refractivity contribution in [2.45, 2.75) is 31.3 Å². The third-order valence-electron chi connectivity index (χ3n) is 4.43. The lowest BCUT2D eigenvalue weighted by atomic mass is 10.2. The van der Waals surface area contributed by atoms with Gasteiger partial charge in [-0.25, -0.2) is 0 Å². The fourth-order valence-corrected chi connectivity index (χ4v) is 3.97. The summed E-state index contributed by atoms with van der Waals surface area (Å²) in [6, 6.07) is 7.33. The van der Waals surface area contributed by atoms with Crippen molar-refractivity contribution in [3.8, 4) is 11.5 Å². The molecule has 3 aromatic rings. The standard InChI is InChI=1S/C19H23ClN6O2S/c1-13(2)11-26-18(25-7-9-27-10-8-25)22-23-19(26)29-12-16-21-17(28-24-16)14-3-5-15(20)6-4-14/h3-6,13H,7-12H2,1-2H3. The third kappa shape index (κ3) is 4.91. The van der Waals surface area contributed by atoms with Gasteiger partial charge in [0.25, 0.3) is 5.89 Å². The van der Waals surface area contributed by atoms with Gasteiger partial charge in [-0.2, -0.15) is 4.98 Å². The van der Waals surface area contributed by atoms with E-state index in [-0.39, 0.29) is 0 Å². The zero-order valence-corrected chi connectivity index (χ0v) is 18.0. The maximum Gasteiger partial charge on any atom is 0.257 e. The van der Waals surface area contributed by atoms with Crippen molar-refractivity contribution >= 4 is 29.3 Å². The number of hydrogen-bond donors (Lipinski definition) is 0. The quantitative estimate of drug-likeness (QED) is 0.520. The van der Waals surface area contributed by atoms with Gasteiger partial charge in [-0.15, -0.1) is 10.2 Å². The molecule has 0 saturated carbocycles. The molecule has 1 aliphatic heterocycles. The largest absolute Gasteiger partial charge is 0.378 e. The van der Waals surface area contributed by atoms with E-state index in [0.717, 1.165) is 36.3 Å². The Hall–Kier alpha value is -2.10. The van der Waals surface area contributed by atoms with E-state index >= 15 is 0 Å². The van der Waals surface area contributed by atoms with Crippen LogP contribution in [-0.2, 0) is 17.0 Å². The molecule has 0 atom stereocenters. The smallest absolute Gasteiger partial charge is 0.257 e. The van der Waals surface area contributed by atoms with Crippen LogP contribution in [0.15, 0.2) is 33.9 Å². The number of ether oxygens (including phenoxy) is 1. The maximum atomic E-state index is 5.94. The summed E-state index contributed by atoms with van der Waals surface area (Å²) in [5.41, 5.74) is 0.843. The lowest BCUT2D eigenvalue weighted by molar-refractivity contribution is 0.121. The highest BCUT2D eigenvalue weighted by atomic mass is 35.5. The fourth-order valence-electron chi connectivity index (χ4n) is 3.06. The fraction of sp³-hybridized carbons (Fsp3) is 0.474. The molecule has 1 fully saturated rings. The van der Waals surface area contributed by atoms with Crippen LogP contribution < -0.4 is 4.90 Å². The Morgan fingerprint density at radius 2 is 1.90 bits per heavy atom. The molecule has 0 aliphatic carbocycles. The Balaban J connectivity index is 1.48. The molecule has 10 heteroatoms. The Morgan fingerprint density at radius 3 is 2.62 bits per heavy atom. The van der Waals surface area contributed by atoms with Crippen LogP contribution in [0.5, 0.6) is 0 Å². The molecule has 4 rings (SSSR count). The molecule has 154 valence electrons. The number of aromatic nitrogens is 5. The van der Waals surface area contributed by atoms with Crippen LogP contribution >= 0.6 is 23.4 Å². The van der Waals surface area contributed by atoms with Gasteiger partial charge in [0.2, 0.25) is 5.95 Å². The molecule has 1 aliphatic rings. The van der Waals surface area contributed by atoms with Gasteiger partial charge in [-0.1, -0.05) is 42.4 Å². The monoisotopic (exact) mass is 434 g/mol. The molecule has 29 heavy (non-hydrogen) atoms. The lowest BCUT2D eigenvalue weighted by Crippen LogP contribution is -2.38. The summed E-state index contributed by atoms with van der Waals surface area (Å²) in [6.07, 6.45) is 0. The number of halogens is 1. The van der Waals surface area contributed by atoms with Gasteiger partial charge in [0.05, 0.1) is 19.0 Å². The van der Waals surface area contributed by atoms with E-state index in [4.69, 9.17) is 20.9 Å². The number of nitrogens with zero attached hydrogens (tertiary/aromatic N) is 6. The summed E-state index contributed by atoms with van der Waals surface area (Å²) < 4.78 is 13.0. The lowest BCUT2D eigenvalue weighted by Gasteiger charge is -2.28. The van der Waals surface area contributed by atoms with E-state index in [1.54, 1.807) is 23.9 Å². The molecule has 1 aromatic carbocycles. The van der Waals surface area contributed by atoms with Crippen molar-refractivity contribution < 1.29 is 9.26 Å². The number of morpholine rings is 1. The first kappa shape index (κ1) is 20.2. The van der Waals surface area contributed by atoms with Gasteiger partial charge in [-0.3, -0.25) is 4.57 Å². The summed E-state index contributed by atoms with van der Waals surface area (Å²) in [5.74, 6) is 3.03. The van der Waals surface area contributed by atoms with Crippen molar-refractivity contribution in [1.82, 2.24) is 24.9 Å². The van der Waals surface area contributed by atoms with Crippen LogP contribution in [0.2, 0.25) is 5.02 Å². The van der Waals surface area contributed by atoms with Gasteiger partial charge in [0.1, 0.15) is 0 Å². The summed E-state index contributed by atoms with van der Waals surface area (Å²) in [6.45, 7) is 8.32. The SMILES string of the molecule is CC(C)Cn1c(SCc2noc(-c3ccc(Cl)cc3)n2)nnc1N1CCOCC1. The first-order valence-electron chi connectivity index (χ1n) is 9.57. The van der Waals surface area contributed by atoms with Crippen LogP contribution in [0, 0.1) is 5.92 Å². The van der Waals surface area contributed by atoms with E-state index in [1.165, 1.54) is 0 Å². The molecular formula is C19H23ClN6O2S. The van der Waals surface area contributed by atoms with Crippen LogP contribution in [0.1, 0.15) is 19.7 Å². The normalized spacial score (nSPS) is 14.7. The van der Waals surface area contributed by atoms with Gasteiger partial charge in [0, 0.05) is 30.2 Å². The second-order valence-corrected chi connectivity index (χ2v) is 8.58. The van der Waals surface area contributed by atoms with E-state index in [9.17, 15) is 0 Å². The third-order valence-corrected chi connectivity index (χ3v) is 5.64. The molecule has 3 heterocycles. The molecule has 8 nitrogen and oxygen atoms in total. The molecule has 0 radical (unpaired) electrons. The second kappa shape index (κ2) is 9.15. The highest BCUT2D eigenvalue weighted by Gasteiger charge is 2.21. The van der Waals surface area contributed by atoms with Crippen LogP contribution in [0.3, 0.4) is 0 Å². The highest BCUT2D eigenvalue weighted by molar-refractivity contribution is 7.98. The zero-order chi connectivity index (χ0) is 20.2. The van der Waals surface area contributed by atoms with Crippen LogP contribution in [0.25, 0.3) is 11.5 Å². The Kier molecular flexibility index (Phi) is 6.37. The molecule has 1 saturated heterocycles. The topological polar surface area (TPSA) is 82.1 Å². The molecule has 0 N–H and O–H groups in total. The van der Waals surface area contributed by atoms with Gasteiger partial charge >= 0.3 is 0 Å². The van der Waals surface area contributed by atoms with Crippen LogP contribution in [0.4, 0.5) is 5.95 Å². The average Bonchev–Trinajstić information content (AvgIpc) is 3.34. The van der Waals surface area contributed by atoms with Crippen molar-refractivity contribution in [3.63, 3.8) is 0 Å². The number of anilines is 1. The molecular weight excluding hydrogens is 412 g/mol. The van der Waals surface area contributed by atoms with Gasteiger partial charge in [-0.05, 0) is 30.2 Å². The first-order valence-corrected chi connectivity index (χ1v) is 10.9. The molecule has 0 unspecified atom stereocenters. The Labute approximate surface area is 178 Å². The minimum absolute atomic E-state index is 0.479. The number of rotatable bonds is 7. The molecule has 0 amide bonds. The minimum Gasteiger partial charge on any atom is -0.378 e. The summed E-state index contributed by atoms with van der Waals surface area (Å²) in [5, 5.41) is 14.5. The van der Waals surface area contributed by atoms with E-state index < -0.39 is 0 Å². The molecule has 0 bridgehead atoms. The number of hydrogen-bond acceptors (Lipinski definition) is 8. The maximum absolute atomic E-state index is 5.94. The van der Waals surface area contributed by atoms with Crippen molar-refractivity contribution in [2.75, 3.05) is 31.2 Å². The highest BCUT2D eigenvalue weighted by Crippen LogP contribution is 2.27. The van der Waals surface area contributed by atoms with Crippen LogP contribution in [-0.4, -0.2) is 51.2 Å². The van der Waals surface area contributed by atoms with E-state index in [1.807, 2.05) is 12.1 Å². The zero-order valence-electron chi connectivity index (χ0n) is 16.4. The molecule has 2 aromatic heterocycles. The van der Waals surface area contributed by atoms with E-state index in [0.29, 0.717) is 41.6 Å². The first-order chi connectivity index (χ1) is 14.1. The predicted molar refractivity (Wildman–Crippen MR) is 112 cm³/mol.